The summed E-state index contributed by atoms with van der Waals surface area (Å²) in [5.74, 6) is -0.306. The number of nitrogens with one attached hydrogen (secondary N) is 2. The van der Waals surface area contributed by atoms with Crippen LogP contribution in [0.1, 0.15) is 21.5 Å². The third-order valence-corrected chi connectivity index (χ3v) is 6.91. The van der Waals surface area contributed by atoms with Crippen LogP contribution in [0.2, 0.25) is 0 Å². The van der Waals surface area contributed by atoms with Crippen molar-refractivity contribution < 1.29 is 13.2 Å². The fourth-order valence-electron chi connectivity index (χ4n) is 2.93. The van der Waals surface area contributed by atoms with Crippen molar-refractivity contribution in [3.63, 3.8) is 0 Å². The van der Waals surface area contributed by atoms with E-state index in [0.29, 0.717) is 16.4 Å². The smallest absolute Gasteiger partial charge is 0.261 e. The summed E-state index contributed by atoms with van der Waals surface area (Å²) >= 11 is 1.41. The minimum atomic E-state index is -3.69. The second kappa shape index (κ2) is 7.89. The zero-order chi connectivity index (χ0) is 21.3. The zero-order valence-corrected chi connectivity index (χ0v) is 18.0. The Kier molecular flexibility index (Phi) is 5.27. The van der Waals surface area contributed by atoms with E-state index in [2.05, 4.69) is 15.0 Å². The number of sulfonamides is 1. The predicted molar refractivity (Wildman–Crippen MR) is 121 cm³/mol. The quantitative estimate of drug-likeness (QED) is 0.462. The van der Waals surface area contributed by atoms with Gasteiger partial charge in [-0.3, -0.25) is 14.8 Å². The molecule has 0 bridgehead atoms. The number of amides is 1. The van der Waals surface area contributed by atoms with Gasteiger partial charge in [0.15, 0.2) is 5.13 Å². The first-order valence-electron chi connectivity index (χ1n) is 9.19. The number of para-hydroxylation sites is 1. The Morgan fingerprint density at radius 3 is 2.30 bits per heavy atom. The van der Waals surface area contributed by atoms with Crippen molar-refractivity contribution in [2.45, 2.75) is 18.7 Å². The van der Waals surface area contributed by atoms with Crippen molar-refractivity contribution in [1.29, 1.82) is 0 Å². The first kappa shape index (κ1) is 20.1. The lowest BCUT2D eigenvalue weighted by Crippen LogP contribution is -2.14. The lowest BCUT2D eigenvalue weighted by atomic mass is 10.2. The number of carbonyl (C=O) groups is 1. The Morgan fingerprint density at radius 2 is 1.63 bits per heavy atom. The number of thiazole rings is 1. The van der Waals surface area contributed by atoms with Crippen LogP contribution in [-0.4, -0.2) is 19.3 Å². The summed E-state index contributed by atoms with van der Waals surface area (Å²) in [4.78, 5) is 17.2. The first-order chi connectivity index (χ1) is 14.3. The van der Waals surface area contributed by atoms with Gasteiger partial charge in [0.05, 0.1) is 15.1 Å². The lowest BCUT2D eigenvalue weighted by Gasteiger charge is -2.09. The second-order valence-electron chi connectivity index (χ2n) is 6.89. The summed E-state index contributed by atoms with van der Waals surface area (Å²) in [7, 11) is -3.69. The van der Waals surface area contributed by atoms with Crippen LogP contribution in [0.3, 0.4) is 0 Å². The Hall–Kier alpha value is -3.23. The standard InChI is InChI=1S/C22H19N3O3S2/c1-14-6-12-18(13-7-14)30(27,28)25-17-10-8-16(9-11-17)21(26)24-22-23-20-15(2)4-3-5-19(20)29-22/h3-13,25H,1-2H3,(H,23,24,26). The molecule has 0 fully saturated rings. The summed E-state index contributed by atoms with van der Waals surface area (Å²) in [6.07, 6.45) is 0. The summed E-state index contributed by atoms with van der Waals surface area (Å²) in [5.41, 5.74) is 3.69. The molecule has 0 radical (unpaired) electrons. The van der Waals surface area contributed by atoms with Crippen LogP contribution in [0.15, 0.2) is 71.6 Å². The van der Waals surface area contributed by atoms with Gasteiger partial charge in [0.25, 0.3) is 15.9 Å². The number of rotatable bonds is 5. The molecule has 152 valence electrons. The molecule has 0 saturated carbocycles. The molecule has 6 nitrogen and oxygen atoms in total. The van der Waals surface area contributed by atoms with Crippen LogP contribution in [0.5, 0.6) is 0 Å². The van der Waals surface area contributed by atoms with Gasteiger partial charge < -0.3 is 0 Å². The first-order valence-corrected chi connectivity index (χ1v) is 11.5. The van der Waals surface area contributed by atoms with Crippen LogP contribution in [0.25, 0.3) is 10.2 Å². The molecule has 8 heteroatoms. The van der Waals surface area contributed by atoms with E-state index in [-0.39, 0.29) is 10.8 Å². The Bertz CT molecular complexity index is 1330. The largest absolute Gasteiger partial charge is 0.298 e. The molecule has 0 aliphatic carbocycles. The van der Waals surface area contributed by atoms with Gasteiger partial charge in [-0.25, -0.2) is 13.4 Å². The van der Waals surface area contributed by atoms with E-state index in [0.717, 1.165) is 21.3 Å². The lowest BCUT2D eigenvalue weighted by molar-refractivity contribution is 0.102. The van der Waals surface area contributed by atoms with E-state index in [1.54, 1.807) is 48.5 Å². The topological polar surface area (TPSA) is 88.2 Å². The van der Waals surface area contributed by atoms with E-state index < -0.39 is 10.0 Å². The Balaban J connectivity index is 1.47. The van der Waals surface area contributed by atoms with E-state index in [9.17, 15) is 13.2 Å². The summed E-state index contributed by atoms with van der Waals surface area (Å²) in [5, 5.41) is 3.33. The number of benzene rings is 3. The minimum Gasteiger partial charge on any atom is -0.298 e. The van der Waals surface area contributed by atoms with Crippen LogP contribution in [0.4, 0.5) is 10.8 Å². The molecule has 30 heavy (non-hydrogen) atoms. The highest BCUT2D eigenvalue weighted by atomic mass is 32.2. The Labute approximate surface area is 178 Å². The van der Waals surface area contributed by atoms with Crippen LogP contribution < -0.4 is 10.0 Å². The number of aryl methyl sites for hydroxylation is 2. The fraction of sp³-hybridized carbons (Fsp3) is 0.0909. The molecular formula is C22H19N3O3S2. The molecule has 0 spiro atoms. The van der Waals surface area contributed by atoms with E-state index in [1.807, 2.05) is 32.0 Å². The maximum atomic E-state index is 12.5. The molecule has 0 unspecified atom stereocenters. The van der Waals surface area contributed by atoms with Crippen LogP contribution in [-0.2, 0) is 10.0 Å². The highest BCUT2D eigenvalue weighted by Gasteiger charge is 2.15. The van der Waals surface area contributed by atoms with E-state index in [4.69, 9.17) is 0 Å². The van der Waals surface area contributed by atoms with Gasteiger partial charge in [-0.1, -0.05) is 41.2 Å². The molecule has 0 atom stereocenters. The van der Waals surface area contributed by atoms with Gasteiger partial charge in [-0.05, 0) is 61.9 Å². The second-order valence-corrected chi connectivity index (χ2v) is 9.60. The fourth-order valence-corrected chi connectivity index (χ4v) is 4.93. The molecule has 1 amide bonds. The van der Waals surface area contributed by atoms with Crippen LogP contribution in [0, 0.1) is 13.8 Å². The zero-order valence-electron chi connectivity index (χ0n) is 16.3. The average Bonchev–Trinajstić information content (AvgIpc) is 3.12. The number of fused-ring (bicyclic) bond motifs is 1. The molecule has 1 heterocycles. The number of anilines is 2. The molecule has 0 saturated heterocycles. The summed E-state index contributed by atoms with van der Waals surface area (Å²) < 4.78 is 28.5. The van der Waals surface area contributed by atoms with Crippen molar-refractivity contribution in [3.8, 4) is 0 Å². The highest BCUT2D eigenvalue weighted by Crippen LogP contribution is 2.28. The minimum absolute atomic E-state index is 0.182. The third-order valence-electron chi connectivity index (χ3n) is 4.57. The van der Waals surface area contributed by atoms with Gasteiger partial charge in [0.2, 0.25) is 0 Å². The number of aromatic nitrogens is 1. The van der Waals surface area contributed by atoms with Crippen molar-refractivity contribution in [2.75, 3.05) is 10.0 Å². The summed E-state index contributed by atoms with van der Waals surface area (Å²) in [6.45, 7) is 3.87. The van der Waals surface area contributed by atoms with Crippen molar-refractivity contribution in [1.82, 2.24) is 4.98 Å². The molecule has 4 rings (SSSR count). The molecule has 3 aromatic carbocycles. The van der Waals surface area contributed by atoms with Gasteiger partial charge in [0.1, 0.15) is 0 Å². The average molecular weight is 438 g/mol. The number of hydrogen-bond acceptors (Lipinski definition) is 5. The highest BCUT2D eigenvalue weighted by molar-refractivity contribution is 7.92. The third kappa shape index (κ3) is 4.19. The summed E-state index contributed by atoms with van der Waals surface area (Å²) in [6, 6.07) is 18.7. The maximum Gasteiger partial charge on any atom is 0.261 e. The van der Waals surface area contributed by atoms with E-state index in [1.165, 1.54) is 11.3 Å². The Morgan fingerprint density at radius 1 is 0.933 bits per heavy atom. The van der Waals surface area contributed by atoms with Gasteiger partial charge >= 0.3 is 0 Å². The normalized spacial score (nSPS) is 11.4. The molecule has 2 N–H and O–H groups in total. The van der Waals surface area contributed by atoms with E-state index >= 15 is 0 Å². The SMILES string of the molecule is Cc1ccc(S(=O)(=O)Nc2ccc(C(=O)Nc3nc4c(C)cccc4s3)cc2)cc1. The van der Waals surface area contributed by atoms with Gasteiger partial charge in [-0.2, -0.15) is 0 Å². The molecule has 0 aliphatic heterocycles. The van der Waals surface area contributed by atoms with Crippen molar-refractivity contribution in [2.24, 2.45) is 0 Å². The molecular weight excluding hydrogens is 418 g/mol. The molecule has 1 aromatic heterocycles. The molecule has 0 aliphatic rings. The maximum absolute atomic E-state index is 12.5. The monoisotopic (exact) mass is 437 g/mol. The van der Waals surface area contributed by atoms with Crippen molar-refractivity contribution in [3.05, 3.63) is 83.4 Å². The van der Waals surface area contributed by atoms with Gasteiger partial charge in [-0.15, -0.1) is 0 Å². The number of hydrogen-bond donors (Lipinski definition) is 2. The van der Waals surface area contributed by atoms with Crippen molar-refractivity contribution >= 4 is 48.3 Å². The number of nitrogens with zero attached hydrogens (tertiary/aromatic N) is 1. The number of carbonyl (C=O) groups excluding carboxylic acids is 1. The van der Waals surface area contributed by atoms with Gasteiger partial charge in [0, 0.05) is 11.3 Å². The molecule has 4 aromatic rings. The predicted octanol–water partition coefficient (Wildman–Crippen LogP) is 4.97. The van der Waals surface area contributed by atoms with Crippen LogP contribution >= 0.6 is 11.3 Å².